The Hall–Kier alpha value is -1.88. The van der Waals surface area contributed by atoms with Crippen molar-refractivity contribution in [1.29, 1.82) is 0 Å². The number of imidazole rings is 1. The number of carbonyl (C=O) groups excluding carboxylic acids is 1. The van der Waals surface area contributed by atoms with Crippen molar-refractivity contribution < 1.29 is 4.79 Å². The minimum atomic E-state index is 0.113. The number of fused-ring (bicyclic) bond motifs is 1. The van der Waals surface area contributed by atoms with Crippen LogP contribution in [0.3, 0.4) is 0 Å². The number of H-pyrrole nitrogens is 1. The van der Waals surface area contributed by atoms with Gasteiger partial charge in [0.05, 0.1) is 11.0 Å². The Balaban J connectivity index is 1.84. The van der Waals surface area contributed by atoms with E-state index in [0.29, 0.717) is 0 Å². The van der Waals surface area contributed by atoms with Crippen molar-refractivity contribution in [3.05, 3.63) is 29.6 Å². The van der Waals surface area contributed by atoms with Crippen LogP contribution in [0.25, 0.3) is 11.0 Å². The Kier molecular flexibility index (Phi) is 2.98. The second kappa shape index (κ2) is 4.66. The molecular weight excluding hydrogens is 240 g/mol. The number of aromatic amines is 1. The molecule has 1 N–H and O–H groups in total. The van der Waals surface area contributed by atoms with Crippen molar-refractivity contribution in [3.63, 3.8) is 0 Å². The lowest BCUT2D eigenvalue weighted by molar-refractivity contribution is 0.0664. The van der Waals surface area contributed by atoms with E-state index in [9.17, 15) is 4.79 Å². The van der Waals surface area contributed by atoms with E-state index in [0.717, 1.165) is 48.6 Å². The summed E-state index contributed by atoms with van der Waals surface area (Å²) in [5.41, 5.74) is 2.57. The number of nitrogens with zero attached hydrogens (tertiary/aromatic N) is 3. The van der Waals surface area contributed by atoms with Crippen molar-refractivity contribution in [3.8, 4) is 0 Å². The third-order valence-corrected chi connectivity index (χ3v) is 3.64. The molecule has 5 heteroatoms. The Bertz CT molecular complexity index is 611. The van der Waals surface area contributed by atoms with Gasteiger partial charge < -0.3 is 14.8 Å². The number of carbonyl (C=O) groups is 1. The maximum atomic E-state index is 12.4. The number of aryl methyl sites for hydroxylation is 1. The highest BCUT2D eigenvalue weighted by molar-refractivity contribution is 5.97. The number of aromatic nitrogens is 2. The smallest absolute Gasteiger partial charge is 0.254 e. The molecule has 100 valence electrons. The molecule has 3 rings (SSSR count). The van der Waals surface area contributed by atoms with Gasteiger partial charge in [-0.25, -0.2) is 4.98 Å². The van der Waals surface area contributed by atoms with E-state index in [1.165, 1.54) is 0 Å². The molecule has 0 spiro atoms. The third-order valence-electron chi connectivity index (χ3n) is 3.64. The van der Waals surface area contributed by atoms with Gasteiger partial charge in [-0.05, 0) is 32.2 Å². The largest absolute Gasteiger partial charge is 0.342 e. The van der Waals surface area contributed by atoms with E-state index in [4.69, 9.17) is 0 Å². The number of piperazine rings is 1. The molecule has 0 bridgehead atoms. The molecule has 1 aliphatic rings. The fourth-order valence-corrected chi connectivity index (χ4v) is 2.46. The third kappa shape index (κ3) is 2.33. The molecule has 0 radical (unpaired) electrons. The lowest BCUT2D eigenvalue weighted by Crippen LogP contribution is -2.47. The number of hydrogen-bond donors (Lipinski definition) is 1. The second-order valence-electron chi connectivity index (χ2n) is 5.15. The monoisotopic (exact) mass is 258 g/mol. The maximum absolute atomic E-state index is 12.4. The number of likely N-dealkylation sites (N-methyl/N-ethyl adjacent to an activating group) is 1. The molecule has 2 aromatic rings. The Morgan fingerprint density at radius 2 is 2.00 bits per heavy atom. The van der Waals surface area contributed by atoms with Crippen molar-refractivity contribution in [2.45, 2.75) is 6.92 Å². The van der Waals surface area contributed by atoms with Gasteiger partial charge in [-0.2, -0.15) is 0 Å². The van der Waals surface area contributed by atoms with Gasteiger partial charge in [0.15, 0.2) is 0 Å². The van der Waals surface area contributed by atoms with Crippen LogP contribution in [0.4, 0.5) is 0 Å². The summed E-state index contributed by atoms with van der Waals surface area (Å²) in [5, 5.41) is 0. The summed E-state index contributed by atoms with van der Waals surface area (Å²) in [6.07, 6.45) is 0. The van der Waals surface area contributed by atoms with Gasteiger partial charge >= 0.3 is 0 Å². The van der Waals surface area contributed by atoms with Crippen LogP contribution in [-0.4, -0.2) is 58.9 Å². The van der Waals surface area contributed by atoms with Crippen molar-refractivity contribution >= 4 is 16.9 Å². The zero-order valence-corrected chi connectivity index (χ0v) is 11.3. The highest BCUT2D eigenvalue weighted by Gasteiger charge is 2.20. The molecule has 5 nitrogen and oxygen atoms in total. The summed E-state index contributed by atoms with van der Waals surface area (Å²) in [6, 6.07) is 5.67. The van der Waals surface area contributed by atoms with Gasteiger partial charge in [0.25, 0.3) is 5.91 Å². The summed E-state index contributed by atoms with van der Waals surface area (Å²) in [4.78, 5) is 24.1. The summed E-state index contributed by atoms with van der Waals surface area (Å²) in [5.74, 6) is 0.987. The van der Waals surface area contributed by atoms with Gasteiger partial charge in [0, 0.05) is 31.7 Å². The van der Waals surface area contributed by atoms with Crippen LogP contribution in [0.2, 0.25) is 0 Å². The highest BCUT2D eigenvalue weighted by atomic mass is 16.2. The Morgan fingerprint density at radius 1 is 1.26 bits per heavy atom. The quantitative estimate of drug-likeness (QED) is 0.838. The van der Waals surface area contributed by atoms with Gasteiger partial charge in [-0.1, -0.05) is 0 Å². The first-order valence-electron chi connectivity index (χ1n) is 6.58. The van der Waals surface area contributed by atoms with Crippen molar-refractivity contribution in [2.75, 3.05) is 33.2 Å². The van der Waals surface area contributed by atoms with Crippen molar-refractivity contribution in [1.82, 2.24) is 19.8 Å². The molecule has 0 aliphatic carbocycles. The standard InChI is InChI=1S/C14H18N4O/c1-10-15-12-4-3-11(9-13(12)16-10)14(19)18-7-5-17(2)6-8-18/h3-4,9H,5-8H2,1-2H3,(H,15,16). The van der Waals surface area contributed by atoms with Crippen LogP contribution in [0.5, 0.6) is 0 Å². The Morgan fingerprint density at radius 3 is 2.74 bits per heavy atom. The molecule has 1 amide bonds. The molecular formula is C14H18N4O. The number of hydrogen-bond acceptors (Lipinski definition) is 3. The van der Waals surface area contributed by atoms with Gasteiger partial charge in [0.1, 0.15) is 5.82 Å². The molecule has 19 heavy (non-hydrogen) atoms. The second-order valence-corrected chi connectivity index (χ2v) is 5.15. The van der Waals surface area contributed by atoms with E-state index >= 15 is 0 Å². The molecule has 1 aliphatic heterocycles. The van der Waals surface area contributed by atoms with Crippen LogP contribution >= 0.6 is 0 Å². The van der Waals surface area contributed by atoms with Crippen LogP contribution in [0.1, 0.15) is 16.2 Å². The van der Waals surface area contributed by atoms with Crippen LogP contribution in [0.15, 0.2) is 18.2 Å². The predicted octanol–water partition coefficient (Wildman–Crippen LogP) is 1.26. The molecule has 0 unspecified atom stereocenters. The topological polar surface area (TPSA) is 52.2 Å². The summed E-state index contributed by atoms with van der Waals surface area (Å²) >= 11 is 0. The molecule has 0 saturated carbocycles. The van der Waals surface area contributed by atoms with Gasteiger partial charge in [-0.3, -0.25) is 4.79 Å². The number of nitrogens with one attached hydrogen (secondary N) is 1. The molecule has 1 saturated heterocycles. The highest BCUT2D eigenvalue weighted by Crippen LogP contribution is 2.15. The number of benzene rings is 1. The minimum Gasteiger partial charge on any atom is -0.342 e. The summed E-state index contributed by atoms with van der Waals surface area (Å²) in [6.45, 7) is 5.40. The Labute approximate surface area is 112 Å². The van der Waals surface area contributed by atoms with E-state index < -0.39 is 0 Å². The SMILES string of the molecule is Cc1nc2ccc(C(=O)N3CCN(C)CC3)cc2[nH]1. The van der Waals surface area contributed by atoms with E-state index in [1.54, 1.807) is 0 Å². The molecule has 1 aromatic heterocycles. The van der Waals surface area contributed by atoms with E-state index in [-0.39, 0.29) is 5.91 Å². The first-order chi connectivity index (χ1) is 9.13. The first kappa shape index (κ1) is 12.2. The van der Waals surface area contributed by atoms with Gasteiger partial charge in [0.2, 0.25) is 0 Å². The fraction of sp³-hybridized carbons (Fsp3) is 0.429. The zero-order chi connectivity index (χ0) is 13.4. The van der Waals surface area contributed by atoms with E-state index in [2.05, 4.69) is 21.9 Å². The maximum Gasteiger partial charge on any atom is 0.254 e. The van der Waals surface area contributed by atoms with E-state index in [1.807, 2.05) is 30.0 Å². The first-order valence-corrected chi connectivity index (χ1v) is 6.58. The summed E-state index contributed by atoms with van der Waals surface area (Å²) in [7, 11) is 2.08. The van der Waals surface area contributed by atoms with Gasteiger partial charge in [-0.15, -0.1) is 0 Å². The lowest BCUT2D eigenvalue weighted by Gasteiger charge is -2.32. The van der Waals surface area contributed by atoms with Crippen molar-refractivity contribution in [2.24, 2.45) is 0 Å². The molecule has 1 aromatic carbocycles. The van der Waals surface area contributed by atoms with Crippen LogP contribution in [-0.2, 0) is 0 Å². The minimum absolute atomic E-state index is 0.113. The zero-order valence-electron chi connectivity index (χ0n) is 11.3. The fourth-order valence-electron chi connectivity index (χ4n) is 2.46. The average molecular weight is 258 g/mol. The molecule has 1 fully saturated rings. The molecule has 2 heterocycles. The summed E-state index contributed by atoms with van der Waals surface area (Å²) < 4.78 is 0. The van der Waals surface area contributed by atoms with Crippen LogP contribution < -0.4 is 0 Å². The molecule has 0 atom stereocenters. The predicted molar refractivity (Wildman–Crippen MR) is 74.2 cm³/mol. The lowest BCUT2D eigenvalue weighted by atomic mass is 10.1. The normalized spacial score (nSPS) is 17.1. The number of rotatable bonds is 1. The average Bonchev–Trinajstić information content (AvgIpc) is 2.77. The van der Waals surface area contributed by atoms with Crippen LogP contribution in [0, 0.1) is 6.92 Å². The number of amides is 1.